The highest BCUT2D eigenvalue weighted by Gasteiger charge is 2.30. The predicted octanol–water partition coefficient (Wildman–Crippen LogP) is 2.74. The largest absolute Gasteiger partial charge is 0.396 e. The van der Waals surface area contributed by atoms with E-state index in [0.29, 0.717) is 19.0 Å². The summed E-state index contributed by atoms with van der Waals surface area (Å²) in [6, 6.07) is 2.39. The van der Waals surface area contributed by atoms with Gasteiger partial charge in [0.25, 0.3) is 5.91 Å². The lowest BCUT2D eigenvalue weighted by atomic mass is 9.91. The van der Waals surface area contributed by atoms with Crippen molar-refractivity contribution in [3.8, 4) is 0 Å². The molecule has 0 unspecified atom stereocenters. The highest BCUT2D eigenvalue weighted by Crippen LogP contribution is 2.29. The van der Waals surface area contributed by atoms with Crippen molar-refractivity contribution in [3.63, 3.8) is 0 Å². The fourth-order valence-corrected chi connectivity index (χ4v) is 3.30. The molecule has 0 atom stereocenters. The molecule has 0 bridgehead atoms. The second-order valence-corrected chi connectivity index (χ2v) is 6.45. The Kier molecular flexibility index (Phi) is 4.40. The highest BCUT2D eigenvalue weighted by atomic mass is 32.1. The minimum Gasteiger partial charge on any atom is -0.396 e. The first-order valence-electron chi connectivity index (χ1n) is 6.62. The number of carbonyl (C=O) groups excluding carboxylic acids is 1. The Morgan fingerprint density at radius 2 is 2.22 bits per heavy atom. The van der Waals surface area contributed by atoms with Crippen LogP contribution in [0.1, 0.15) is 45.8 Å². The normalized spacial score (nSPS) is 15.5. The van der Waals surface area contributed by atoms with Crippen LogP contribution in [0.3, 0.4) is 0 Å². The molecule has 1 N–H and O–H groups in total. The molecule has 0 spiro atoms. The quantitative estimate of drug-likeness (QED) is 0.891. The molecule has 0 aromatic carbocycles. The Bertz CT molecular complexity index is 423. The molecule has 1 aromatic heterocycles. The summed E-state index contributed by atoms with van der Waals surface area (Å²) >= 11 is 1.68. The molecule has 1 aliphatic carbocycles. The summed E-state index contributed by atoms with van der Waals surface area (Å²) < 4.78 is 0. The maximum atomic E-state index is 12.6. The Labute approximate surface area is 112 Å². The van der Waals surface area contributed by atoms with E-state index in [1.165, 1.54) is 11.3 Å². The van der Waals surface area contributed by atoms with Crippen LogP contribution in [-0.2, 0) is 0 Å². The Morgan fingerprint density at radius 3 is 2.67 bits per heavy atom. The number of amides is 1. The lowest BCUT2D eigenvalue weighted by Gasteiger charge is -2.37. The van der Waals surface area contributed by atoms with E-state index in [4.69, 9.17) is 5.11 Å². The molecule has 2 rings (SSSR count). The van der Waals surface area contributed by atoms with Crippen LogP contribution in [0.15, 0.2) is 6.07 Å². The van der Waals surface area contributed by atoms with Gasteiger partial charge in [-0.3, -0.25) is 4.79 Å². The summed E-state index contributed by atoms with van der Waals surface area (Å²) in [4.78, 5) is 16.8. The highest BCUT2D eigenvalue weighted by molar-refractivity contribution is 7.12. The summed E-state index contributed by atoms with van der Waals surface area (Å²) in [5.74, 6) is 0.148. The van der Waals surface area contributed by atoms with Gasteiger partial charge in [0.1, 0.15) is 0 Å². The number of nitrogens with zero attached hydrogens (tertiary/aromatic N) is 1. The number of aliphatic hydroxyl groups excluding tert-OH is 1. The number of rotatable bonds is 5. The van der Waals surface area contributed by atoms with E-state index >= 15 is 0 Å². The lowest BCUT2D eigenvalue weighted by Crippen LogP contribution is -2.45. The van der Waals surface area contributed by atoms with Crippen molar-refractivity contribution in [2.45, 2.75) is 45.6 Å². The minimum absolute atomic E-state index is 0.148. The summed E-state index contributed by atoms with van der Waals surface area (Å²) in [6.07, 6.45) is 4.11. The van der Waals surface area contributed by atoms with Crippen LogP contribution in [0.4, 0.5) is 0 Å². The van der Waals surface area contributed by atoms with Crippen LogP contribution in [0, 0.1) is 13.8 Å². The number of hydrogen-bond donors (Lipinski definition) is 1. The summed E-state index contributed by atoms with van der Waals surface area (Å²) in [6.45, 7) is 4.87. The van der Waals surface area contributed by atoms with Crippen LogP contribution in [0.25, 0.3) is 0 Å². The monoisotopic (exact) mass is 267 g/mol. The topological polar surface area (TPSA) is 40.5 Å². The zero-order valence-corrected chi connectivity index (χ0v) is 11.9. The second kappa shape index (κ2) is 5.85. The van der Waals surface area contributed by atoms with Crippen LogP contribution in [-0.4, -0.2) is 35.1 Å². The lowest BCUT2D eigenvalue weighted by molar-refractivity contribution is 0.0562. The first-order chi connectivity index (χ1) is 8.63. The van der Waals surface area contributed by atoms with E-state index in [-0.39, 0.29) is 12.5 Å². The first kappa shape index (κ1) is 13.6. The van der Waals surface area contributed by atoms with Crippen LogP contribution in [0.5, 0.6) is 0 Å². The molecule has 0 aliphatic heterocycles. The number of thiophene rings is 1. The molecule has 1 saturated carbocycles. The third kappa shape index (κ3) is 2.75. The van der Waals surface area contributed by atoms with E-state index in [1.54, 1.807) is 11.3 Å². The zero-order valence-electron chi connectivity index (χ0n) is 11.1. The van der Waals surface area contributed by atoms with Gasteiger partial charge in [-0.2, -0.15) is 0 Å². The fourth-order valence-electron chi connectivity index (χ4n) is 2.39. The van der Waals surface area contributed by atoms with Gasteiger partial charge in [-0.05, 0) is 45.6 Å². The SMILES string of the molecule is Cc1cc(C(=O)N(CCCO)C2CCC2)c(C)s1. The number of aryl methyl sites for hydroxylation is 2. The number of carbonyl (C=O) groups is 1. The van der Waals surface area contributed by atoms with Gasteiger partial charge in [0.2, 0.25) is 0 Å². The van der Waals surface area contributed by atoms with E-state index in [0.717, 1.165) is 23.3 Å². The molecule has 4 heteroatoms. The third-order valence-corrected chi connectivity index (χ3v) is 4.57. The van der Waals surface area contributed by atoms with E-state index in [2.05, 4.69) is 0 Å². The van der Waals surface area contributed by atoms with Crippen molar-refractivity contribution in [3.05, 3.63) is 21.4 Å². The average molecular weight is 267 g/mol. The van der Waals surface area contributed by atoms with Crippen molar-refractivity contribution < 1.29 is 9.90 Å². The molecule has 0 saturated heterocycles. The van der Waals surface area contributed by atoms with Gasteiger partial charge in [0.05, 0.1) is 5.56 Å². The molecule has 0 radical (unpaired) electrons. The summed E-state index contributed by atoms with van der Waals surface area (Å²) in [5.41, 5.74) is 0.849. The van der Waals surface area contributed by atoms with Crippen LogP contribution >= 0.6 is 11.3 Å². The molecule has 1 amide bonds. The first-order valence-corrected chi connectivity index (χ1v) is 7.44. The standard InChI is InChI=1S/C14H21NO2S/c1-10-9-13(11(2)18-10)14(17)15(7-4-8-16)12-5-3-6-12/h9,12,16H,3-8H2,1-2H3. The average Bonchev–Trinajstić information content (AvgIpc) is 2.60. The molecule has 1 heterocycles. The van der Waals surface area contributed by atoms with Gasteiger partial charge in [-0.15, -0.1) is 11.3 Å². The van der Waals surface area contributed by atoms with Crippen LogP contribution in [0.2, 0.25) is 0 Å². The maximum absolute atomic E-state index is 12.6. The smallest absolute Gasteiger partial charge is 0.255 e. The molecule has 3 nitrogen and oxygen atoms in total. The van der Waals surface area contributed by atoms with E-state index in [9.17, 15) is 4.79 Å². The van der Waals surface area contributed by atoms with Gasteiger partial charge in [-0.25, -0.2) is 0 Å². The van der Waals surface area contributed by atoms with Crippen molar-refractivity contribution in [2.75, 3.05) is 13.2 Å². The van der Waals surface area contributed by atoms with Crippen LogP contribution < -0.4 is 0 Å². The Morgan fingerprint density at radius 1 is 1.50 bits per heavy atom. The molecule has 1 aliphatic rings. The molecule has 1 aromatic rings. The van der Waals surface area contributed by atoms with Crippen molar-refractivity contribution in [2.24, 2.45) is 0 Å². The van der Waals surface area contributed by atoms with Gasteiger partial charge in [0, 0.05) is 28.9 Å². The molecule has 18 heavy (non-hydrogen) atoms. The van der Waals surface area contributed by atoms with Crippen molar-refractivity contribution >= 4 is 17.2 Å². The molecular weight excluding hydrogens is 246 g/mol. The van der Waals surface area contributed by atoms with Crippen molar-refractivity contribution in [1.29, 1.82) is 0 Å². The Hall–Kier alpha value is -0.870. The summed E-state index contributed by atoms with van der Waals surface area (Å²) in [5, 5.41) is 8.96. The van der Waals surface area contributed by atoms with Crippen molar-refractivity contribution in [1.82, 2.24) is 4.90 Å². The van der Waals surface area contributed by atoms with Gasteiger partial charge >= 0.3 is 0 Å². The minimum atomic E-state index is 0.148. The zero-order chi connectivity index (χ0) is 13.1. The molecular formula is C14H21NO2S. The predicted molar refractivity (Wildman–Crippen MR) is 74.2 cm³/mol. The second-order valence-electron chi connectivity index (χ2n) is 4.99. The number of hydrogen-bond acceptors (Lipinski definition) is 3. The maximum Gasteiger partial charge on any atom is 0.255 e. The van der Waals surface area contributed by atoms with Gasteiger partial charge in [0.15, 0.2) is 0 Å². The van der Waals surface area contributed by atoms with E-state index < -0.39 is 0 Å². The van der Waals surface area contributed by atoms with E-state index in [1.807, 2.05) is 24.8 Å². The molecule has 100 valence electrons. The van der Waals surface area contributed by atoms with Gasteiger partial charge < -0.3 is 10.0 Å². The third-order valence-electron chi connectivity index (χ3n) is 3.60. The molecule has 1 fully saturated rings. The summed E-state index contributed by atoms with van der Waals surface area (Å²) in [7, 11) is 0. The number of aliphatic hydroxyl groups is 1. The fraction of sp³-hybridized carbons (Fsp3) is 0.643. The Balaban J connectivity index is 2.13. The van der Waals surface area contributed by atoms with Gasteiger partial charge in [-0.1, -0.05) is 0 Å².